The molecule has 0 bridgehead atoms. The van der Waals surface area contributed by atoms with Gasteiger partial charge in [0.2, 0.25) is 6.79 Å². The summed E-state index contributed by atoms with van der Waals surface area (Å²) in [6, 6.07) is 15.6. The first kappa shape index (κ1) is 16.3. The predicted molar refractivity (Wildman–Crippen MR) is 101 cm³/mol. The second-order valence-corrected chi connectivity index (χ2v) is 6.80. The van der Waals surface area contributed by atoms with E-state index in [2.05, 4.69) is 52.4 Å². The summed E-state index contributed by atoms with van der Waals surface area (Å²) < 4.78 is 10.8. The maximum absolute atomic E-state index is 5.46. The Morgan fingerprint density at radius 3 is 2.56 bits per heavy atom. The van der Waals surface area contributed by atoms with Crippen molar-refractivity contribution >= 4 is 17.4 Å². The average Bonchev–Trinajstić information content (AvgIpc) is 3.07. The summed E-state index contributed by atoms with van der Waals surface area (Å²) in [7, 11) is 2.15. The van der Waals surface area contributed by atoms with Crippen molar-refractivity contribution in [3.05, 3.63) is 48.0 Å². The van der Waals surface area contributed by atoms with Gasteiger partial charge in [-0.25, -0.2) is 4.99 Å². The van der Waals surface area contributed by atoms with E-state index in [0.29, 0.717) is 18.9 Å². The number of ether oxygens (including phenoxy) is 2. The first-order valence-corrected chi connectivity index (χ1v) is 8.91. The third kappa shape index (κ3) is 3.31. The van der Waals surface area contributed by atoms with Gasteiger partial charge in [-0.05, 0) is 60.9 Å². The summed E-state index contributed by atoms with van der Waals surface area (Å²) in [5.41, 5.74) is 3.61. The van der Waals surface area contributed by atoms with E-state index in [1.54, 1.807) is 0 Å². The maximum Gasteiger partial charge on any atom is 0.231 e. The zero-order chi connectivity index (χ0) is 17.2. The smallest absolute Gasteiger partial charge is 0.231 e. The van der Waals surface area contributed by atoms with Gasteiger partial charge in [0.15, 0.2) is 11.5 Å². The fourth-order valence-corrected chi connectivity index (χ4v) is 3.62. The highest BCUT2D eigenvalue weighted by Gasteiger charge is 2.33. The monoisotopic (exact) mass is 352 g/mol. The third-order valence-corrected chi connectivity index (χ3v) is 5.18. The minimum Gasteiger partial charge on any atom is -0.454 e. The van der Waals surface area contributed by atoms with Crippen LogP contribution in [-0.4, -0.2) is 36.0 Å². The highest BCUT2D eigenvalue weighted by Crippen LogP contribution is 2.36. The fourth-order valence-electron chi connectivity index (χ4n) is 3.48. The fraction of sp³-hybridized carbons (Fsp3) is 0.350. The minimum absolute atomic E-state index is 0.305. The van der Waals surface area contributed by atoms with Crippen molar-refractivity contribution in [1.29, 1.82) is 0 Å². The molecule has 2 aromatic rings. The number of rotatable bonds is 5. The van der Waals surface area contributed by atoms with Crippen LogP contribution in [0.2, 0.25) is 0 Å². The van der Waals surface area contributed by atoms with Gasteiger partial charge >= 0.3 is 0 Å². The molecule has 25 heavy (non-hydrogen) atoms. The van der Waals surface area contributed by atoms with E-state index in [4.69, 9.17) is 21.7 Å². The number of benzene rings is 2. The molecule has 0 radical (unpaired) electrons. The van der Waals surface area contributed by atoms with E-state index >= 15 is 0 Å². The van der Waals surface area contributed by atoms with Gasteiger partial charge in [0, 0.05) is 12.6 Å². The van der Waals surface area contributed by atoms with Crippen molar-refractivity contribution in [3.63, 3.8) is 0 Å². The molecular weight excluding hydrogens is 332 g/mol. The Morgan fingerprint density at radius 1 is 1.08 bits per heavy atom. The lowest BCUT2D eigenvalue weighted by Crippen LogP contribution is -2.47. The lowest BCUT2D eigenvalue weighted by molar-refractivity contribution is 0.127. The van der Waals surface area contributed by atoms with Crippen LogP contribution in [0.5, 0.6) is 11.5 Å². The van der Waals surface area contributed by atoms with E-state index in [1.165, 1.54) is 17.5 Å². The van der Waals surface area contributed by atoms with Crippen LogP contribution in [0.1, 0.15) is 18.4 Å². The number of thiocarbonyl (C=S) groups is 1. The van der Waals surface area contributed by atoms with Crippen molar-refractivity contribution < 1.29 is 9.47 Å². The van der Waals surface area contributed by atoms with E-state index < -0.39 is 0 Å². The Morgan fingerprint density at radius 2 is 1.84 bits per heavy atom. The molecule has 1 aliphatic carbocycles. The third-order valence-electron chi connectivity index (χ3n) is 5.08. The van der Waals surface area contributed by atoms with Crippen LogP contribution in [-0.2, 0) is 6.54 Å². The van der Waals surface area contributed by atoms with E-state index in [-0.39, 0.29) is 0 Å². The summed E-state index contributed by atoms with van der Waals surface area (Å²) in [4.78, 5) is 6.62. The Hall–Kier alpha value is -2.20. The molecule has 1 aliphatic heterocycles. The van der Waals surface area contributed by atoms with E-state index in [1.807, 2.05) is 12.1 Å². The summed E-state index contributed by atoms with van der Waals surface area (Å²) in [6.45, 7) is 1.22. The first-order chi connectivity index (χ1) is 12.2. The number of hydrogen-bond donors (Lipinski definition) is 0. The molecule has 2 aromatic carbocycles. The van der Waals surface area contributed by atoms with E-state index in [9.17, 15) is 0 Å². The van der Waals surface area contributed by atoms with Crippen LogP contribution in [0.3, 0.4) is 0 Å². The Balaban J connectivity index is 1.44. The van der Waals surface area contributed by atoms with Gasteiger partial charge in [-0.3, -0.25) is 4.90 Å². The highest BCUT2D eigenvalue weighted by molar-refractivity contribution is 7.78. The molecule has 0 unspecified atom stereocenters. The van der Waals surface area contributed by atoms with Crippen LogP contribution in [0.4, 0.5) is 0 Å². The van der Waals surface area contributed by atoms with Gasteiger partial charge in [0.25, 0.3) is 0 Å². The number of fused-ring (bicyclic) bond motifs is 1. The molecule has 5 heteroatoms. The zero-order valence-corrected chi connectivity index (χ0v) is 15.0. The molecule has 4 nitrogen and oxygen atoms in total. The molecule has 4 rings (SSSR count). The molecule has 2 aliphatic rings. The standard InChI is InChI=1S/C20H20N2O2S/c1-22(18-8-7-17(18)21-12-25)11-14-2-4-15(5-3-14)16-6-9-19-20(10-16)24-13-23-19/h2-6,9-10,17-18H,7-8,11,13H2,1H3/t17-,18-/m1/s1. The Bertz CT molecular complexity index is 815. The second-order valence-electron chi connectivity index (χ2n) is 6.61. The van der Waals surface area contributed by atoms with Crippen molar-refractivity contribution in [2.24, 2.45) is 4.99 Å². The zero-order valence-electron chi connectivity index (χ0n) is 14.1. The molecule has 0 aromatic heterocycles. The largest absolute Gasteiger partial charge is 0.454 e. The number of likely N-dealkylation sites (N-methyl/N-ethyl adjacent to an activating group) is 1. The second kappa shape index (κ2) is 6.96. The van der Waals surface area contributed by atoms with Gasteiger partial charge in [-0.2, -0.15) is 0 Å². The van der Waals surface area contributed by atoms with Crippen molar-refractivity contribution in [2.75, 3.05) is 13.8 Å². The lowest BCUT2D eigenvalue weighted by atomic mass is 9.85. The van der Waals surface area contributed by atoms with E-state index in [0.717, 1.165) is 30.0 Å². The van der Waals surface area contributed by atoms with Crippen LogP contribution in [0, 0.1) is 0 Å². The van der Waals surface area contributed by atoms with Crippen LogP contribution < -0.4 is 9.47 Å². The molecule has 0 spiro atoms. The molecule has 1 heterocycles. The maximum atomic E-state index is 5.46. The molecule has 0 saturated heterocycles. The Labute approximate surface area is 153 Å². The normalized spacial score (nSPS) is 20.9. The summed E-state index contributed by atoms with van der Waals surface area (Å²) in [5.74, 6) is 1.63. The van der Waals surface area contributed by atoms with Gasteiger partial charge in [-0.1, -0.05) is 30.3 Å². The van der Waals surface area contributed by atoms with Gasteiger partial charge in [0.05, 0.1) is 11.2 Å². The minimum atomic E-state index is 0.305. The summed E-state index contributed by atoms with van der Waals surface area (Å²) in [6.07, 6.45) is 2.29. The number of isothiocyanates is 1. The topological polar surface area (TPSA) is 34.1 Å². The van der Waals surface area contributed by atoms with Gasteiger partial charge in [0.1, 0.15) is 0 Å². The molecule has 1 fully saturated rings. The molecule has 0 N–H and O–H groups in total. The van der Waals surface area contributed by atoms with Crippen LogP contribution >= 0.6 is 12.2 Å². The molecule has 2 atom stereocenters. The van der Waals surface area contributed by atoms with Gasteiger partial charge < -0.3 is 9.47 Å². The first-order valence-electron chi connectivity index (χ1n) is 8.51. The van der Waals surface area contributed by atoms with Crippen LogP contribution in [0.15, 0.2) is 47.5 Å². The summed E-state index contributed by atoms with van der Waals surface area (Å²) in [5, 5.41) is 2.52. The number of aliphatic imine (C=N–C) groups is 1. The van der Waals surface area contributed by atoms with Crippen molar-refractivity contribution in [3.8, 4) is 22.6 Å². The summed E-state index contributed by atoms with van der Waals surface area (Å²) >= 11 is 4.74. The van der Waals surface area contributed by atoms with Gasteiger partial charge in [-0.15, -0.1) is 0 Å². The SMILES string of the molecule is CN(Cc1ccc(-c2ccc3c(c2)OCO3)cc1)[C@@H]1CC[C@H]1N=C=S. The average molecular weight is 352 g/mol. The quantitative estimate of drug-likeness (QED) is 0.598. The van der Waals surface area contributed by atoms with Crippen LogP contribution in [0.25, 0.3) is 11.1 Å². The Kier molecular flexibility index (Phi) is 4.53. The molecule has 1 saturated carbocycles. The predicted octanol–water partition coefficient (Wildman–Crippen LogP) is 4.15. The highest BCUT2D eigenvalue weighted by atomic mass is 32.1. The number of hydrogen-bond acceptors (Lipinski definition) is 5. The molecule has 128 valence electrons. The number of nitrogens with zero attached hydrogens (tertiary/aromatic N) is 2. The van der Waals surface area contributed by atoms with Crippen molar-refractivity contribution in [1.82, 2.24) is 4.90 Å². The van der Waals surface area contributed by atoms with Crippen molar-refractivity contribution in [2.45, 2.75) is 31.5 Å². The lowest BCUT2D eigenvalue weighted by Gasteiger charge is -2.39. The molecular formula is C20H20N2O2S. The molecule has 0 amide bonds.